The average Bonchev–Trinajstić information content (AvgIpc) is 3.50. The standard InChI is InChI=1S/C22H29N3OS/c26-21(17-9-10-17)25-13-5-1-2-7-19(25)16-11-14-24(15-12-16)22-23-18-6-3-4-8-20(18)27-22/h3-4,6,8,16-17,19H,1-2,5,7,9-15H2/t19-/m0/s1. The zero-order valence-electron chi connectivity index (χ0n) is 16.0. The number of nitrogens with zero attached hydrogens (tertiary/aromatic N) is 3. The van der Waals surface area contributed by atoms with E-state index in [1.807, 2.05) is 11.3 Å². The summed E-state index contributed by atoms with van der Waals surface area (Å²) < 4.78 is 1.28. The summed E-state index contributed by atoms with van der Waals surface area (Å²) in [7, 11) is 0. The van der Waals surface area contributed by atoms with Crippen molar-refractivity contribution in [2.24, 2.45) is 11.8 Å². The van der Waals surface area contributed by atoms with E-state index < -0.39 is 0 Å². The second-order valence-corrected chi connectivity index (χ2v) is 9.52. The maximum absolute atomic E-state index is 12.9. The van der Waals surface area contributed by atoms with Gasteiger partial charge in [-0.25, -0.2) is 4.98 Å². The van der Waals surface area contributed by atoms with E-state index in [0.717, 1.165) is 38.0 Å². The van der Waals surface area contributed by atoms with Gasteiger partial charge in [-0.3, -0.25) is 4.79 Å². The maximum atomic E-state index is 12.9. The molecule has 144 valence electrons. The first-order valence-electron chi connectivity index (χ1n) is 10.7. The van der Waals surface area contributed by atoms with Crippen LogP contribution in [0.3, 0.4) is 0 Å². The molecule has 1 aliphatic carbocycles. The Morgan fingerprint density at radius 1 is 0.963 bits per heavy atom. The molecule has 5 heteroatoms. The van der Waals surface area contributed by atoms with Gasteiger partial charge in [-0.1, -0.05) is 36.3 Å². The number of carbonyl (C=O) groups excluding carboxylic acids is 1. The summed E-state index contributed by atoms with van der Waals surface area (Å²) in [5.74, 6) is 1.49. The molecule has 0 radical (unpaired) electrons. The third-order valence-electron chi connectivity index (χ3n) is 6.65. The van der Waals surface area contributed by atoms with Crippen LogP contribution in [0.2, 0.25) is 0 Å². The molecule has 0 unspecified atom stereocenters. The van der Waals surface area contributed by atoms with Gasteiger partial charge in [0.25, 0.3) is 0 Å². The summed E-state index contributed by atoms with van der Waals surface area (Å²) >= 11 is 1.81. The van der Waals surface area contributed by atoms with Crippen LogP contribution < -0.4 is 4.90 Å². The van der Waals surface area contributed by atoms with Crippen molar-refractivity contribution in [1.29, 1.82) is 0 Å². The molecule has 3 heterocycles. The monoisotopic (exact) mass is 383 g/mol. The van der Waals surface area contributed by atoms with Gasteiger partial charge in [0.1, 0.15) is 0 Å². The molecule has 0 bridgehead atoms. The number of para-hydroxylation sites is 1. The second kappa shape index (κ2) is 7.42. The van der Waals surface area contributed by atoms with E-state index in [1.165, 1.54) is 48.4 Å². The average molecular weight is 384 g/mol. The van der Waals surface area contributed by atoms with Crippen molar-refractivity contribution in [3.8, 4) is 0 Å². The number of benzene rings is 1. The number of aromatic nitrogens is 1. The van der Waals surface area contributed by atoms with Crippen molar-refractivity contribution < 1.29 is 4.79 Å². The molecule has 1 saturated carbocycles. The summed E-state index contributed by atoms with van der Waals surface area (Å²) in [4.78, 5) is 22.5. The molecule has 27 heavy (non-hydrogen) atoms. The van der Waals surface area contributed by atoms with Crippen LogP contribution in [0, 0.1) is 11.8 Å². The lowest BCUT2D eigenvalue weighted by Gasteiger charge is -2.40. The van der Waals surface area contributed by atoms with E-state index >= 15 is 0 Å². The molecule has 2 aromatic rings. The number of amides is 1. The minimum absolute atomic E-state index is 0.355. The molecule has 1 aromatic carbocycles. The number of rotatable bonds is 3. The van der Waals surface area contributed by atoms with Crippen LogP contribution in [0.5, 0.6) is 0 Å². The number of hydrogen-bond donors (Lipinski definition) is 0. The summed E-state index contributed by atoms with van der Waals surface area (Å²) in [6, 6.07) is 8.91. The minimum Gasteiger partial charge on any atom is -0.348 e. The van der Waals surface area contributed by atoms with Gasteiger partial charge in [-0.2, -0.15) is 0 Å². The number of fused-ring (bicyclic) bond motifs is 1. The Bertz CT molecular complexity index is 774. The van der Waals surface area contributed by atoms with Crippen molar-refractivity contribution in [2.45, 2.75) is 57.4 Å². The van der Waals surface area contributed by atoms with Gasteiger partial charge >= 0.3 is 0 Å². The molecule has 0 N–H and O–H groups in total. The largest absolute Gasteiger partial charge is 0.348 e. The highest BCUT2D eigenvalue weighted by Gasteiger charge is 2.39. The summed E-state index contributed by atoms with van der Waals surface area (Å²) in [6.45, 7) is 3.15. The van der Waals surface area contributed by atoms with E-state index in [9.17, 15) is 4.79 Å². The van der Waals surface area contributed by atoms with Gasteiger partial charge in [0.2, 0.25) is 5.91 Å². The number of carbonyl (C=O) groups is 1. The molecule has 1 atom stereocenters. The van der Waals surface area contributed by atoms with E-state index in [-0.39, 0.29) is 0 Å². The Hall–Kier alpha value is -1.62. The highest BCUT2D eigenvalue weighted by molar-refractivity contribution is 7.22. The molecule has 0 spiro atoms. The Labute approximate surface area is 165 Å². The van der Waals surface area contributed by atoms with Gasteiger partial charge in [0, 0.05) is 31.6 Å². The highest BCUT2D eigenvalue weighted by Crippen LogP contribution is 2.37. The van der Waals surface area contributed by atoms with Crippen LogP contribution in [0.1, 0.15) is 51.4 Å². The van der Waals surface area contributed by atoms with E-state index in [0.29, 0.717) is 23.8 Å². The summed E-state index contributed by atoms with van der Waals surface area (Å²) in [5, 5.41) is 1.17. The quantitative estimate of drug-likeness (QED) is 0.771. The lowest BCUT2D eigenvalue weighted by Crippen LogP contribution is -2.48. The molecule has 4 nitrogen and oxygen atoms in total. The third-order valence-corrected chi connectivity index (χ3v) is 7.74. The third kappa shape index (κ3) is 3.58. The van der Waals surface area contributed by atoms with Gasteiger partial charge < -0.3 is 9.80 Å². The van der Waals surface area contributed by atoms with Crippen LogP contribution >= 0.6 is 11.3 Å². The number of thiazole rings is 1. The lowest BCUT2D eigenvalue weighted by atomic mass is 9.86. The zero-order valence-corrected chi connectivity index (χ0v) is 16.8. The predicted molar refractivity (Wildman–Crippen MR) is 111 cm³/mol. The zero-order chi connectivity index (χ0) is 18.2. The molecular weight excluding hydrogens is 354 g/mol. The molecular formula is C22H29N3OS. The Morgan fingerprint density at radius 3 is 2.56 bits per heavy atom. The van der Waals surface area contributed by atoms with Crippen LogP contribution in [0.4, 0.5) is 5.13 Å². The number of hydrogen-bond acceptors (Lipinski definition) is 4. The van der Waals surface area contributed by atoms with E-state index in [4.69, 9.17) is 4.98 Å². The Balaban J connectivity index is 1.27. The Kier molecular flexibility index (Phi) is 4.80. The van der Waals surface area contributed by atoms with Crippen molar-refractivity contribution in [3.63, 3.8) is 0 Å². The molecule has 2 aliphatic heterocycles. The van der Waals surface area contributed by atoms with Crippen molar-refractivity contribution >= 4 is 32.6 Å². The number of likely N-dealkylation sites (tertiary alicyclic amines) is 1. The summed E-state index contributed by atoms with van der Waals surface area (Å²) in [6.07, 6.45) is 9.61. The van der Waals surface area contributed by atoms with E-state index in [2.05, 4.69) is 34.1 Å². The van der Waals surface area contributed by atoms with Crippen molar-refractivity contribution in [1.82, 2.24) is 9.88 Å². The SMILES string of the molecule is O=C(C1CC1)N1CCCCC[C@H]1C1CCN(c2nc3ccccc3s2)CC1. The lowest BCUT2D eigenvalue weighted by molar-refractivity contribution is -0.136. The van der Waals surface area contributed by atoms with Gasteiger partial charge in [-0.05, 0) is 56.6 Å². The molecule has 2 saturated heterocycles. The van der Waals surface area contributed by atoms with Crippen LogP contribution in [-0.2, 0) is 4.79 Å². The molecule has 1 aromatic heterocycles. The number of piperidine rings is 1. The molecule has 3 fully saturated rings. The first-order chi connectivity index (χ1) is 13.3. The fourth-order valence-corrected chi connectivity index (χ4v) is 5.95. The van der Waals surface area contributed by atoms with Gasteiger partial charge in [0.15, 0.2) is 5.13 Å². The molecule has 1 amide bonds. The van der Waals surface area contributed by atoms with Crippen LogP contribution in [0.25, 0.3) is 10.2 Å². The minimum atomic E-state index is 0.355. The van der Waals surface area contributed by atoms with E-state index in [1.54, 1.807) is 0 Å². The highest BCUT2D eigenvalue weighted by atomic mass is 32.1. The number of anilines is 1. The summed E-state index contributed by atoms with van der Waals surface area (Å²) in [5.41, 5.74) is 1.12. The van der Waals surface area contributed by atoms with Gasteiger partial charge in [-0.15, -0.1) is 0 Å². The predicted octanol–water partition coefficient (Wildman–Crippen LogP) is 4.69. The molecule has 5 rings (SSSR count). The smallest absolute Gasteiger partial charge is 0.225 e. The fourth-order valence-electron chi connectivity index (χ4n) is 4.93. The first-order valence-corrected chi connectivity index (χ1v) is 11.5. The maximum Gasteiger partial charge on any atom is 0.225 e. The van der Waals surface area contributed by atoms with Crippen LogP contribution in [0.15, 0.2) is 24.3 Å². The molecule has 3 aliphatic rings. The Morgan fingerprint density at radius 2 is 1.78 bits per heavy atom. The fraction of sp³-hybridized carbons (Fsp3) is 0.636. The van der Waals surface area contributed by atoms with Crippen molar-refractivity contribution in [3.05, 3.63) is 24.3 Å². The second-order valence-electron chi connectivity index (χ2n) is 8.51. The van der Waals surface area contributed by atoms with Crippen LogP contribution in [-0.4, -0.2) is 41.5 Å². The first kappa shape index (κ1) is 17.5. The normalized spacial score (nSPS) is 25.0. The topological polar surface area (TPSA) is 36.4 Å². The van der Waals surface area contributed by atoms with Crippen molar-refractivity contribution in [2.75, 3.05) is 24.5 Å². The van der Waals surface area contributed by atoms with Gasteiger partial charge in [0.05, 0.1) is 10.2 Å².